The fourth-order valence-electron chi connectivity index (χ4n) is 4.21. The average molecular weight is 538 g/mol. The fraction of sp³-hybridized carbons (Fsp3) is 0.286. The molecule has 10 heteroatoms. The number of benzene rings is 2. The Morgan fingerprint density at radius 2 is 1.89 bits per heavy atom. The quantitative estimate of drug-likeness (QED) is 0.356. The number of carbonyl (C=O) groups is 1. The van der Waals surface area contributed by atoms with Crippen LogP contribution in [-0.4, -0.2) is 52.6 Å². The highest BCUT2D eigenvalue weighted by molar-refractivity contribution is 6.31. The molecular formula is C28H29ClFN5O3. The second-order valence-corrected chi connectivity index (χ2v) is 10.0. The number of halogens is 2. The maximum atomic E-state index is 14.1. The highest BCUT2D eigenvalue weighted by Crippen LogP contribution is 2.28. The highest BCUT2D eigenvalue weighted by Gasteiger charge is 2.19. The second-order valence-electron chi connectivity index (χ2n) is 9.58. The molecule has 0 fully saturated rings. The number of rotatable bonds is 8. The Kier molecular flexibility index (Phi) is 8.08. The second kappa shape index (κ2) is 11.3. The first-order chi connectivity index (χ1) is 18.0. The number of nitrogens with zero attached hydrogens (tertiary/aromatic N) is 4. The van der Waals surface area contributed by atoms with E-state index in [-0.39, 0.29) is 41.1 Å². The molecule has 0 radical (unpaired) electrons. The molecule has 2 heterocycles. The van der Waals surface area contributed by atoms with Gasteiger partial charge in [-0.2, -0.15) is 0 Å². The summed E-state index contributed by atoms with van der Waals surface area (Å²) in [5, 5.41) is 3.61. The van der Waals surface area contributed by atoms with Crippen LogP contribution in [0.15, 0.2) is 53.5 Å². The Balaban J connectivity index is 1.90. The fourth-order valence-corrected chi connectivity index (χ4v) is 4.47. The number of amides is 1. The van der Waals surface area contributed by atoms with Crippen molar-refractivity contribution in [2.24, 2.45) is 0 Å². The number of hydrogen-bond acceptors (Lipinski definition) is 6. The predicted octanol–water partition coefficient (Wildman–Crippen LogP) is 4.51. The van der Waals surface area contributed by atoms with Gasteiger partial charge in [0.05, 0.1) is 12.5 Å². The molecule has 2 aromatic heterocycles. The van der Waals surface area contributed by atoms with Crippen LogP contribution in [0.5, 0.6) is 5.75 Å². The van der Waals surface area contributed by atoms with Gasteiger partial charge in [-0.25, -0.2) is 14.4 Å². The van der Waals surface area contributed by atoms with Crippen molar-refractivity contribution in [3.05, 3.63) is 75.4 Å². The van der Waals surface area contributed by atoms with E-state index in [4.69, 9.17) is 16.3 Å². The lowest BCUT2D eigenvalue weighted by atomic mass is 10.0. The van der Waals surface area contributed by atoms with Crippen LogP contribution in [0.4, 0.5) is 4.39 Å². The topological polar surface area (TPSA) is 89.4 Å². The van der Waals surface area contributed by atoms with Crippen LogP contribution in [0, 0.1) is 5.82 Å². The van der Waals surface area contributed by atoms with Gasteiger partial charge in [-0.05, 0) is 81.5 Å². The van der Waals surface area contributed by atoms with Gasteiger partial charge in [0.2, 0.25) is 5.91 Å². The van der Waals surface area contributed by atoms with Crippen molar-refractivity contribution in [1.82, 2.24) is 24.8 Å². The zero-order chi connectivity index (χ0) is 27.6. The molecular weight excluding hydrogens is 509 g/mol. The van der Waals surface area contributed by atoms with Crippen LogP contribution in [0.1, 0.15) is 19.4 Å². The van der Waals surface area contributed by atoms with E-state index >= 15 is 0 Å². The van der Waals surface area contributed by atoms with Gasteiger partial charge in [0, 0.05) is 34.9 Å². The Morgan fingerprint density at radius 1 is 1.13 bits per heavy atom. The number of aromatic nitrogens is 3. The number of nitrogens with one attached hydrogen (secondary N) is 1. The minimum atomic E-state index is -0.554. The number of methoxy groups -OCH3 is 1. The molecule has 0 saturated heterocycles. The average Bonchev–Trinajstić information content (AvgIpc) is 2.84. The van der Waals surface area contributed by atoms with E-state index in [9.17, 15) is 14.0 Å². The maximum absolute atomic E-state index is 14.1. The number of ether oxygens (including phenoxy) is 1. The van der Waals surface area contributed by atoms with Gasteiger partial charge in [0.15, 0.2) is 17.2 Å². The van der Waals surface area contributed by atoms with Crippen LogP contribution in [0.25, 0.3) is 33.5 Å². The molecule has 0 atom stereocenters. The first kappa shape index (κ1) is 27.2. The Bertz CT molecular complexity index is 1570. The molecule has 0 saturated carbocycles. The van der Waals surface area contributed by atoms with E-state index in [0.717, 1.165) is 11.1 Å². The highest BCUT2D eigenvalue weighted by atomic mass is 35.5. The normalized spacial score (nSPS) is 11.4. The van der Waals surface area contributed by atoms with Gasteiger partial charge in [-0.3, -0.25) is 14.2 Å². The lowest BCUT2D eigenvalue weighted by Crippen LogP contribution is -2.37. The van der Waals surface area contributed by atoms with Crippen molar-refractivity contribution in [3.8, 4) is 28.3 Å². The Hall–Kier alpha value is -3.82. The molecule has 0 aliphatic carbocycles. The molecule has 0 aliphatic heterocycles. The van der Waals surface area contributed by atoms with E-state index in [1.54, 1.807) is 12.3 Å². The molecule has 4 rings (SSSR count). The molecule has 38 heavy (non-hydrogen) atoms. The summed E-state index contributed by atoms with van der Waals surface area (Å²) in [7, 11) is 5.29. The van der Waals surface area contributed by atoms with Gasteiger partial charge in [-0.1, -0.05) is 11.6 Å². The van der Waals surface area contributed by atoms with E-state index in [1.807, 2.05) is 51.0 Å². The summed E-state index contributed by atoms with van der Waals surface area (Å²) in [4.78, 5) is 37.6. The molecule has 198 valence electrons. The van der Waals surface area contributed by atoms with Gasteiger partial charge in [-0.15, -0.1) is 0 Å². The van der Waals surface area contributed by atoms with Gasteiger partial charge >= 0.3 is 0 Å². The lowest BCUT2D eigenvalue weighted by molar-refractivity contribution is -0.122. The lowest BCUT2D eigenvalue weighted by Gasteiger charge is -2.16. The zero-order valence-electron chi connectivity index (χ0n) is 21.9. The third-order valence-electron chi connectivity index (χ3n) is 5.76. The minimum Gasteiger partial charge on any atom is -0.494 e. The third kappa shape index (κ3) is 6.00. The monoisotopic (exact) mass is 537 g/mol. The summed E-state index contributed by atoms with van der Waals surface area (Å²) in [5.41, 5.74) is 2.67. The van der Waals surface area contributed by atoms with Crippen LogP contribution in [0.3, 0.4) is 0 Å². The van der Waals surface area contributed by atoms with E-state index in [1.165, 1.54) is 29.9 Å². The number of fused-ring (bicyclic) bond motifs is 1. The first-order valence-corrected chi connectivity index (χ1v) is 12.4. The summed E-state index contributed by atoms with van der Waals surface area (Å²) in [6, 6.07) is 11.4. The summed E-state index contributed by atoms with van der Waals surface area (Å²) in [6.07, 6.45) is 1.63. The van der Waals surface area contributed by atoms with E-state index in [2.05, 4.69) is 15.3 Å². The number of carbonyl (C=O) groups excluding carboxylic acids is 1. The van der Waals surface area contributed by atoms with Crippen LogP contribution >= 0.6 is 11.6 Å². The largest absolute Gasteiger partial charge is 0.494 e. The number of hydrogen-bond donors (Lipinski definition) is 1. The van der Waals surface area contributed by atoms with Crippen LogP contribution < -0.4 is 15.6 Å². The van der Waals surface area contributed by atoms with Gasteiger partial charge in [0.25, 0.3) is 5.56 Å². The molecule has 0 unspecified atom stereocenters. The summed E-state index contributed by atoms with van der Waals surface area (Å²) < 4.78 is 20.5. The Morgan fingerprint density at radius 3 is 2.58 bits per heavy atom. The molecule has 1 amide bonds. The van der Waals surface area contributed by atoms with Crippen molar-refractivity contribution in [2.45, 2.75) is 33.0 Å². The molecule has 8 nitrogen and oxygen atoms in total. The number of pyridine rings is 1. The van der Waals surface area contributed by atoms with Crippen LogP contribution in [0.2, 0.25) is 5.02 Å². The summed E-state index contributed by atoms with van der Waals surface area (Å²) in [6.45, 7) is 4.08. The van der Waals surface area contributed by atoms with Gasteiger partial charge < -0.3 is 15.0 Å². The van der Waals surface area contributed by atoms with Crippen molar-refractivity contribution in [3.63, 3.8) is 0 Å². The molecule has 0 aliphatic rings. The molecule has 1 N–H and O–H groups in total. The molecule has 2 aromatic carbocycles. The molecule has 0 bridgehead atoms. The SMILES string of the molecule is COc1cc(-c2nc3ncc(-c4cc(Cl)cc(CN(C)C)c4)cc3c(=O)n2CC(=O)NC(C)C)ccc1F. The third-order valence-corrected chi connectivity index (χ3v) is 5.98. The first-order valence-electron chi connectivity index (χ1n) is 12.0. The molecule has 0 spiro atoms. The van der Waals surface area contributed by atoms with E-state index < -0.39 is 11.4 Å². The van der Waals surface area contributed by atoms with Crippen molar-refractivity contribution in [2.75, 3.05) is 21.2 Å². The van der Waals surface area contributed by atoms with Crippen molar-refractivity contribution >= 4 is 28.5 Å². The standard InChI is InChI=1S/C28H29ClFN5O3/c1-16(2)32-25(36)15-35-27(18-6-7-23(30)24(12-18)38-5)33-26-22(28(35)37)11-20(13-31-26)19-8-17(14-34(3)4)9-21(29)10-19/h6-13,16H,14-15H2,1-5H3,(H,32,36). The summed E-state index contributed by atoms with van der Waals surface area (Å²) in [5.74, 6) is -0.740. The van der Waals surface area contributed by atoms with E-state index in [0.29, 0.717) is 22.7 Å². The Labute approximate surface area is 225 Å². The molecule has 4 aromatic rings. The predicted molar refractivity (Wildman–Crippen MR) is 147 cm³/mol. The van der Waals surface area contributed by atoms with Crippen molar-refractivity contribution in [1.29, 1.82) is 0 Å². The zero-order valence-corrected chi connectivity index (χ0v) is 22.6. The van der Waals surface area contributed by atoms with Crippen LogP contribution in [-0.2, 0) is 17.9 Å². The van der Waals surface area contributed by atoms with Gasteiger partial charge in [0.1, 0.15) is 12.4 Å². The minimum absolute atomic E-state index is 0.00665. The smallest absolute Gasteiger partial charge is 0.263 e. The summed E-state index contributed by atoms with van der Waals surface area (Å²) >= 11 is 6.38. The maximum Gasteiger partial charge on any atom is 0.263 e. The van der Waals surface area contributed by atoms with Crippen molar-refractivity contribution < 1.29 is 13.9 Å².